The number of allylic oxidation sites excluding steroid dienone is 2. The molecule has 2 nitrogen and oxygen atoms in total. The second-order valence-corrected chi connectivity index (χ2v) is 6.59. The molecule has 0 aromatic rings. The minimum absolute atomic E-state index is 0.343. The van der Waals surface area contributed by atoms with Gasteiger partial charge >= 0.3 is 5.97 Å². The van der Waals surface area contributed by atoms with E-state index in [-0.39, 0.29) is 0 Å². The zero-order valence-electron chi connectivity index (χ0n) is 12.1. The van der Waals surface area contributed by atoms with Crippen LogP contribution < -0.4 is 0 Å². The van der Waals surface area contributed by atoms with E-state index in [0.29, 0.717) is 11.8 Å². The Kier molecular flexibility index (Phi) is 5.47. The van der Waals surface area contributed by atoms with Gasteiger partial charge in [0.1, 0.15) is 0 Å². The van der Waals surface area contributed by atoms with Gasteiger partial charge < -0.3 is 5.11 Å². The molecule has 0 amide bonds. The Bertz CT molecular complexity index is 321. The first-order valence-electron chi connectivity index (χ1n) is 8.11. The molecule has 2 rings (SSSR count). The van der Waals surface area contributed by atoms with Gasteiger partial charge in [0.15, 0.2) is 0 Å². The van der Waals surface area contributed by atoms with Crippen molar-refractivity contribution in [2.24, 2.45) is 11.3 Å². The number of aliphatic carboxylic acids is 1. The van der Waals surface area contributed by atoms with Crippen LogP contribution in [0.3, 0.4) is 0 Å². The lowest BCUT2D eigenvalue weighted by Crippen LogP contribution is -2.10. The number of hydrogen-bond donors (Lipinski definition) is 1. The molecule has 1 N–H and O–H groups in total. The largest absolute Gasteiger partial charge is 0.481 e. The number of rotatable bonds is 10. The van der Waals surface area contributed by atoms with Crippen LogP contribution in [0.1, 0.15) is 77.0 Å². The van der Waals surface area contributed by atoms with E-state index in [1.807, 2.05) is 0 Å². The zero-order chi connectivity index (χ0) is 13.6. The number of fused-ring (bicyclic) bond motifs is 2. The Labute approximate surface area is 117 Å². The summed E-state index contributed by atoms with van der Waals surface area (Å²) in [6, 6.07) is 0. The van der Waals surface area contributed by atoms with E-state index in [9.17, 15) is 4.79 Å². The second kappa shape index (κ2) is 7.12. The third-order valence-electron chi connectivity index (χ3n) is 4.97. The van der Waals surface area contributed by atoms with Crippen LogP contribution in [0.5, 0.6) is 0 Å². The van der Waals surface area contributed by atoms with Crippen LogP contribution in [0.15, 0.2) is 12.2 Å². The number of unbranched alkanes of at least 4 members (excludes halogenated alkanes) is 6. The van der Waals surface area contributed by atoms with Crippen LogP contribution >= 0.6 is 0 Å². The molecule has 0 aromatic heterocycles. The molecule has 108 valence electrons. The lowest BCUT2D eigenvalue weighted by Gasteiger charge is -2.23. The monoisotopic (exact) mass is 264 g/mol. The summed E-state index contributed by atoms with van der Waals surface area (Å²) in [6.07, 6.45) is 19.5. The van der Waals surface area contributed by atoms with Crippen LogP contribution in [0, 0.1) is 11.3 Å². The zero-order valence-corrected chi connectivity index (χ0v) is 12.1. The third kappa shape index (κ3) is 4.67. The maximum Gasteiger partial charge on any atom is 0.303 e. The lowest BCUT2D eigenvalue weighted by atomic mass is 9.82. The summed E-state index contributed by atoms with van der Waals surface area (Å²) < 4.78 is 0. The molecule has 2 atom stereocenters. The predicted octanol–water partition coefficient (Wildman–Crippen LogP) is 4.94. The van der Waals surface area contributed by atoms with E-state index in [1.54, 1.807) is 0 Å². The van der Waals surface area contributed by atoms with Crippen molar-refractivity contribution in [2.45, 2.75) is 77.0 Å². The summed E-state index contributed by atoms with van der Waals surface area (Å²) in [4.78, 5) is 10.4. The van der Waals surface area contributed by atoms with Crippen LogP contribution in [0.25, 0.3) is 0 Å². The maximum absolute atomic E-state index is 10.4. The van der Waals surface area contributed by atoms with Gasteiger partial charge in [-0.05, 0) is 43.4 Å². The molecule has 0 heterocycles. The fourth-order valence-electron chi connectivity index (χ4n) is 3.80. The summed E-state index contributed by atoms with van der Waals surface area (Å²) in [7, 11) is 0. The van der Waals surface area contributed by atoms with Crippen molar-refractivity contribution in [2.75, 3.05) is 0 Å². The molecule has 2 heteroatoms. The number of carboxylic acid groups (broad SMARTS) is 1. The Morgan fingerprint density at radius 1 is 1.11 bits per heavy atom. The molecule has 0 radical (unpaired) electrons. The third-order valence-corrected chi connectivity index (χ3v) is 4.97. The van der Waals surface area contributed by atoms with Gasteiger partial charge in [-0.3, -0.25) is 4.79 Å². The van der Waals surface area contributed by atoms with E-state index < -0.39 is 5.97 Å². The number of carboxylic acids is 1. The highest BCUT2D eigenvalue weighted by Crippen LogP contribution is 2.51. The molecule has 2 unspecified atom stereocenters. The van der Waals surface area contributed by atoms with Gasteiger partial charge in [0, 0.05) is 6.42 Å². The van der Waals surface area contributed by atoms with E-state index >= 15 is 0 Å². The normalized spacial score (nSPS) is 28.1. The fraction of sp³-hybridized carbons (Fsp3) is 0.824. The average molecular weight is 264 g/mol. The maximum atomic E-state index is 10.4. The number of carbonyl (C=O) groups is 1. The average Bonchev–Trinajstić information content (AvgIpc) is 2.97. The van der Waals surface area contributed by atoms with Crippen molar-refractivity contribution in [3.8, 4) is 0 Å². The highest BCUT2D eigenvalue weighted by Gasteiger charge is 2.39. The molecular formula is C17H28O2. The molecule has 19 heavy (non-hydrogen) atoms. The molecule has 2 bridgehead atoms. The van der Waals surface area contributed by atoms with Crippen LogP contribution in [0.4, 0.5) is 0 Å². The Morgan fingerprint density at radius 3 is 2.32 bits per heavy atom. The summed E-state index contributed by atoms with van der Waals surface area (Å²) in [5, 5.41) is 8.54. The first kappa shape index (κ1) is 14.6. The van der Waals surface area contributed by atoms with Crippen molar-refractivity contribution in [3.05, 3.63) is 12.2 Å². The first-order chi connectivity index (χ1) is 9.20. The summed E-state index contributed by atoms with van der Waals surface area (Å²) >= 11 is 0. The Morgan fingerprint density at radius 2 is 1.79 bits per heavy atom. The van der Waals surface area contributed by atoms with E-state index in [2.05, 4.69) is 12.2 Å². The number of hydrogen-bond acceptors (Lipinski definition) is 1. The molecule has 0 aliphatic heterocycles. The van der Waals surface area contributed by atoms with Crippen molar-refractivity contribution < 1.29 is 9.90 Å². The second-order valence-electron chi connectivity index (χ2n) is 6.59. The van der Waals surface area contributed by atoms with Crippen LogP contribution in [0.2, 0.25) is 0 Å². The summed E-state index contributed by atoms with van der Waals surface area (Å²) in [5.41, 5.74) is 0.603. The van der Waals surface area contributed by atoms with Gasteiger partial charge in [-0.25, -0.2) is 0 Å². The predicted molar refractivity (Wildman–Crippen MR) is 78.1 cm³/mol. The Balaban J connectivity index is 1.41. The minimum atomic E-state index is -0.654. The molecule has 0 saturated heterocycles. The quantitative estimate of drug-likeness (QED) is 0.448. The van der Waals surface area contributed by atoms with Gasteiger partial charge in [0.25, 0.3) is 0 Å². The molecule has 0 aromatic carbocycles. The SMILES string of the molecule is O=C(O)CCCCCCCCCC12C=CC(CC1)C2. The summed E-state index contributed by atoms with van der Waals surface area (Å²) in [6.45, 7) is 0. The van der Waals surface area contributed by atoms with Crippen LogP contribution in [-0.2, 0) is 4.79 Å². The van der Waals surface area contributed by atoms with E-state index in [1.165, 1.54) is 57.8 Å². The molecule has 1 saturated carbocycles. The van der Waals surface area contributed by atoms with Gasteiger partial charge in [0.05, 0.1) is 0 Å². The van der Waals surface area contributed by atoms with Gasteiger partial charge in [0.2, 0.25) is 0 Å². The molecule has 1 fully saturated rings. The molecular weight excluding hydrogens is 236 g/mol. The minimum Gasteiger partial charge on any atom is -0.481 e. The van der Waals surface area contributed by atoms with Gasteiger partial charge in [-0.2, -0.15) is 0 Å². The van der Waals surface area contributed by atoms with Crippen molar-refractivity contribution >= 4 is 5.97 Å². The van der Waals surface area contributed by atoms with Gasteiger partial charge in [-0.1, -0.05) is 50.7 Å². The van der Waals surface area contributed by atoms with Crippen molar-refractivity contribution in [1.29, 1.82) is 0 Å². The molecule has 2 aliphatic carbocycles. The Hall–Kier alpha value is -0.790. The highest BCUT2D eigenvalue weighted by molar-refractivity contribution is 5.66. The lowest BCUT2D eigenvalue weighted by molar-refractivity contribution is -0.137. The standard InChI is InChI=1S/C17H28O2/c18-16(19)8-6-4-2-1-3-5-7-11-17-12-9-15(14-17)10-13-17/h9,12,15H,1-8,10-11,13-14H2,(H,18,19). The molecule has 0 spiro atoms. The highest BCUT2D eigenvalue weighted by atomic mass is 16.4. The van der Waals surface area contributed by atoms with E-state index in [4.69, 9.17) is 5.11 Å². The van der Waals surface area contributed by atoms with Crippen molar-refractivity contribution in [3.63, 3.8) is 0 Å². The fourth-order valence-corrected chi connectivity index (χ4v) is 3.80. The van der Waals surface area contributed by atoms with Crippen molar-refractivity contribution in [1.82, 2.24) is 0 Å². The van der Waals surface area contributed by atoms with Crippen LogP contribution in [-0.4, -0.2) is 11.1 Å². The van der Waals surface area contributed by atoms with E-state index in [0.717, 1.165) is 18.8 Å². The summed E-state index contributed by atoms with van der Waals surface area (Å²) in [5.74, 6) is 0.257. The van der Waals surface area contributed by atoms with Gasteiger partial charge in [-0.15, -0.1) is 0 Å². The smallest absolute Gasteiger partial charge is 0.303 e. The molecule has 2 aliphatic rings. The first-order valence-corrected chi connectivity index (χ1v) is 8.11. The topological polar surface area (TPSA) is 37.3 Å².